The van der Waals surface area contributed by atoms with E-state index in [1.54, 1.807) is 0 Å². The number of amides is 1. The molecule has 0 spiro atoms. The fourth-order valence-corrected chi connectivity index (χ4v) is 2.56. The van der Waals surface area contributed by atoms with Crippen molar-refractivity contribution >= 4 is 17.3 Å². The third-order valence-corrected chi connectivity index (χ3v) is 3.73. The van der Waals surface area contributed by atoms with E-state index in [0.717, 1.165) is 17.1 Å². The maximum atomic E-state index is 13.6. The molecule has 3 N–H and O–H groups in total. The van der Waals surface area contributed by atoms with Gasteiger partial charge in [0.2, 0.25) is 0 Å². The molecule has 1 aromatic carbocycles. The summed E-state index contributed by atoms with van der Waals surface area (Å²) in [5, 5.41) is 9.11. The highest BCUT2D eigenvalue weighted by atomic mass is 19.4. The highest BCUT2D eigenvalue weighted by molar-refractivity contribution is 6.05. The zero-order chi connectivity index (χ0) is 20.6. The third kappa shape index (κ3) is 3.66. The van der Waals surface area contributed by atoms with Gasteiger partial charge in [0.05, 0.1) is 23.1 Å². The zero-order valence-corrected chi connectivity index (χ0v) is 14.2. The monoisotopic (exact) mass is 400 g/mol. The van der Waals surface area contributed by atoms with E-state index in [4.69, 9.17) is 5.73 Å². The van der Waals surface area contributed by atoms with Crippen LogP contribution in [-0.2, 0) is 13.2 Å². The van der Waals surface area contributed by atoms with E-state index in [1.165, 1.54) is 31.3 Å². The number of nitrogens with zero attached hydrogens (tertiary/aromatic N) is 4. The van der Waals surface area contributed by atoms with E-state index in [2.05, 4.69) is 10.2 Å². The minimum Gasteiger partial charge on any atom is -0.399 e. The number of hydrogen-bond donors (Lipinski definition) is 2. The SMILES string of the molecule is Cn1cc(C(=O)Nc2cnn(-c3ccc(N)cc3)c2C(F)(F)F)c(C(F)F)n1. The Morgan fingerprint density at radius 3 is 2.43 bits per heavy atom. The number of nitrogen functional groups attached to an aromatic ring is 1. The van der Waals surface area contributed by atoms with E-state index in [0.29, 0.717) is 10.4 Å². The second-order valence-corrected chi connectivity index (χ2v) is 5.76. The minimum absolute atomic E-state index is 0.0525. The molecule has 3 aromatic rings. The van der Waals surface area contributed by atoms with Crippen LogP contribution in [0.3, 0.4) is 0 Å². The van der Waals surface area contributed by atoms with Gasteiger partial charge in [-0.05, 0) is 24.3 Å². The van der Waals surface area contributed by atoms with E-state index in [1.807, 2.05) is 5.32 Å². The standard InChI is InChI=1S/C16H13F5N6O/c1-26-7-10(12(25-26)14(17)18)15(28)24-11-6-23-27(13(11)16(19,20)21)9-4-2-8(22)3-5-9/h2-7,14H,22H2,1H3,(H,24,28). The van der Waals surface area contributed by atoms with Crippen molar-refractivity contribution in [2.45, 2.75) is 12.6 Å². The first-order chi connectivity index (χ1) is 13.1. The fourth-order valence-electron chi connectivity index (χ4n) is 2.56. The highest BCUT2D eigenvalue weighted by Crippen LogP contribution is 2.36. The van der Waals surface area contributed by atoms with Crippen molar-refractivity contribution in [1.29, 1.82) is 0 Å². The van der Waals surface area contributed by atoms with Gasteiger partial charge in [0.15, 0.2) is 5.69 Å². The summed E-state index contributed by atoms with van der Waals surface area (Å²) in [6, 6.07) is 5.42. The number of carbonyl (C=O) groups excluding carboxylic acids is 1. The van der Waals surface area contributed by atoms with Crippen LogP contribution in [0.2, 0.25) is 0 Å². The zero-order valence-electron chi connectivity index (χ0n) is 14.2. The lowest BCUT2D eigenvalue weighted by Gasteiger charge is -2.13. The van der Waals surface area contributed by atoms with E-state index >= 15 is 0 Å². The summed E-state index contributed by atoms with van der Waals surface area (Å²) >= 11 is 0. The van der Waals surface area contributed by atoms with Gasteiger partial charge < -0.3 is 11.1 Å². The molecule has 0 unspecified atom stereocenters. The number of nitrogens with one attached hydrogen (secondary N) is 1. The van der Waals surface area contributed by atoms with E-state index < -0.39 is 41.1 Å². The number of benzene rings is 1. The quantitative estimate of drug-likeness (QED) is 0.519. The van der Waals surface area contributed by atoms with Crippen LogP contribution in [0.1, 0.15) is 28.2 Å². The van der Waals surface area contributed by atoms with Gasteiger partial charge in [0.25, 0.3) is 12.3 Å². The van der Waals surface area contributed by atoms with Crippen molar-refractivity contribution in [3.63, 3.8) is 0 Å². The molecule has 28 heavy (non-hydrogen) atoms. The number of carbonyl (C=O) groups is 1. The number of anilines is 2. The largest absolute Gasteiger partial charge is 0.435 e. The van der Waals surface area contributed by atoms with Crippen molar-refractivity contribution < 1.29 is 26.7 Å². The highest BCUT2D eigenvalue weighted by Gasteiger charge is 2.39. The van der Waals surface area contributed by atoms with Gasteiger partial charge in [-0.25, -0.2) is 13.5 Å². The fraction of sp³-hybridized carbons (Fsp3) is 0.188. The summed E-state index contributed by atoms with van der Waals surface area (Å²) in [5.74, 6) is -1.16. The van der Waals surface area contributed by atoms with Gasteiger partial charge in [0, 0.05) is 18.9 Å². The minimum atomic E-state index is -4.89. The molecule has 0 radical (unpaired) electrons. The van der Waals surface area contributed by atoms with Crippen LogP contribution in [0.5, 0.6) is 0 Å². The molecular formula is C16H13F5N6O. The Labute approximate surface area is 154 Å². The van der Waals surface area contributed by atoms with Crippen LogP contribution < -0.4 is 11.1 Å². The van der Waals surface area contributed by atoms with Crippen LogP contribution in [0, 0.1) is 0 Å². The number of hydrogen-bond acceptors (Lipinski definition) is 4. The van der Waals surface area contributed by atoms with Gasteiger partial charge in [-0.3, -0.25) is 9.48 Å². The smallest absolute Gasteiger partial charge is 0.399 e. The molecule has 0 aliphatic rings. The predicted molar refractivity (Wildman–Crippen MR) is 89.1 cm³/mol. The second-order valence-electron chi connectivity index (χ2n) is 5.76. The first-order valence-corrected chi connectivity index (χ1v) is 7.72. The van der Waals surface area contributed by atoms with Gasteiger partial charge >= 0.3 is 6.18 Å². The lowest BCUT2D eigenvalue weighted by atomic mass is 10.2. The van der Waals surface area contributed by atoms with Crippen molar-refractivity contribution in [2.75, 3.05) is 11.1 Å². The molecule has 7 nitrogen and oxygen atoms in total. The van der Waals surface area contributed by atoms with Crippen LogP contribution in [0.4, 0.5) is 33.3 Å². The first kappa shape index (κ1) is 19.3. The average Bonchev–Trinajstić information content (AvgIpc) is 3.19. The van der Waals surface area contributed by atoms with Crippen molar-refractivity contribution in [2.24, 2.45) is 7.05 Å². The Morgan fingerprint density at radius 2 is 1.86 bits per heavy atom. The number of aryl methyl sites for hydroxylation is 1. The molecule has 0 bridgehead atoms. The summed E-state index contributed by atoms with van der Waals surface area (Å²) in [4.78, 5) is 12.3. The Kier molecular flexibility index (Phi) is 4.79. The molecule has 1 amide bonds. The third-order valence-electron chi connectivity index (χ3n) is 3.73. The van der Waals surface area contributed by atoms with Crippen LogP contribution in [-0.4, -0.2) is 25.5 Å². The first-order valence-electron chi connectivity index (χ1n) is 7.72. The Hall–Kier alpha value is -3.44. The Balaban J connectivity index is 2.01. The average molecular weight is 400 g/mol. The number of alkyl halides is 5. The molecule has 0 saturated carbocycles. The molecule has 2 heterocycles. The van der Waals surface area contributed by atoms with Gasteiger partial charge in [-0.2, -0.15) is 23.4 Å². The second kappa shape index (κ2) is 6.94. The molecular weight excluding hydrogens is 387 g/mol. The maximum Gasteiger partial charge on any atom is 0.435 e. The maximum absolute atomic E-state index is 13.6. The summed E-state index contributed by atoms with van der Waals surface area (Å²) in [7, 11) is 1.31. The van der Waals surface area contributed by atoms with E-state index in [-0.39, 0.29) is 5.69 Å². The van der Waals surface area contributed by atoms with E-state index in [9.17, 15) is 26.7 Å². The Morgan fingerprint density at radius 1 is 1.21 bits per heavy atom. The molecule has 2 aromatic heterocycles. The van der Waals surface area contributed by atoms with Gasteiger partial charge in [-0.15, -0.1) is 0 Å². The Bertz CT molecular complexity index is 1010. The molecule has 0 fully saturated rings. The topological polar surface area (TPSA) is 90.8 Å². The lowest BCUT2D eigenvalue weighted by Crippen LogP contribution is -2.19. The summed E-state index contributed by atoms with van der Waals surface area (Å²) in [6.07, 6.45) is -6.17. The predicted octanol–water partition coefficient (Wildman–Crippen LogP) is 3.40. The van der Waals surface area contributed by atoms with Crippen molar-refractivity contribution in [3.8, 4) is 5.69 Å². The van der Waals surface area contributed by atoms with Crippen LogP contribution in [0.15, 0.2) is 36.7 Å². The summed E-state index contributed by atoms with van der Waals surface area (Å²) in [5.41, 5.74) is 2.60. The number of nitrogens with two attached hydrogens (primary N) is 1. The normalized spacial score (nSPS) is 11.8. The number of aromatic nitrogens is 4. The number of rotatable bonds is 4. The van der Waals surface area contributed by atoms with Crippen LogP contribution in [0.25, 0.3) is 5.69 Å². The van der Waals surface area contributed by atoms with Gasteiger partial charge in [-0.1, -0.05) is 0 Å². The molecule has 0 aliphatic carbocycles. The molecule has 148 valence electrons. The lowest BCUT2D eigenvalue weighted by molar-refractivity contribution is -0.142. The van der Waals surface area contributed by atoms with Crippen molar-refractivity contribution in [3.05, 3.63) is 53.6 Å². The molecule has 0 atom stereocenters. The molecule has 12 heteroatoms. The van der Waals surface area contributed by atoms with Crippen molar-refractivity contribution in [1.82, 2.24) is 19.6 Å². The summed E-state index contributed by atoms with van der Waals surface area (Å²) in [6.45, 7) is 0. The van der Waals surface area contributed by atoms with Crippen LogP contribution >= 0.6 is 0 Å². The molecule has 0 saturated heterocycles. The summed E-state index contributed by atoms with van der Waals surface area (Å²) < 4.78 is 68.4. The number of halogens is 5. The molecule has 0 aliphatic heterocycles. The van der Waals surface area contributed by atoms with Gasteiger partial charge in [0.1, 0.15) is 5.69 Å². The molecule has 3 rings (SSSR count).